The molecule has 3 amide bonds. The predicted molar refractivity (Wildman–Crippen MR) is 90.4 cm³/mol. The van der Waals surface area contributed by atoms with Gasteiger partial charge in [0.15, 0.2) is 5.69 Å². The largest absolute Gasteiger partial charge is 0.336 e. The SMILES string of the molecule is O=C(c1cnn(-c2ccccc2)n1)N1CCC[C@@H](N2CCNC2=O)C1. The third kappa shape index (κ3) is 3.07. The van der Waals surface area contributed by atoms with Crippen LogP contribution in [0.15, 0.2) is 36.5 Å². The quantitative estimate of drug-likeness (QED) is 0.900. The van der Waals surface area contributed by atoms with Crippen molar-refractivity contribution in [2.45, 2.75) is 18.9 Å². The molecule has 0 aliphatic carbocycles. The highest BCUT2D eigenvalue weighted by Crippen LogP contribution is 2.19. The summed E-state index contributed by atoms with van der Waals surface area (Å²) in [6.07, 6.45) is 3.31. The molecular weight excluding hydrogens is 320 g/mol. The van der Waals surface area contributed by atoms with E-state index < -0.39 is 0 Å². The second-order valence-electron chi connectivity index (χ2n) is 6.33. The Kier molecular flexibility index (Phi) is 4.09. The van der Waals surface area contributed by atoms with E-state index in [2.05, 4.69) is 15.5 Å². The first kappa shape index (κ1) is 15.6. The highest BCUT2D eigenvalue weighted by molar-refractivity contribution is 5.92. The smallest absolute Gasteiger partial charge is 0.317 e. The molecule has 1 aromatic heterocycles. The Labute approximate surface area is 145 Å². The van der Waals surface area contributed by atoms with Crippen LogP contribution < -0.4 is 5.32 Å². The molecule has 0 saturated carbocycles. The van der Waals surface area contributed by atoms with Gasteiger partial charge in [0.2, 0.25) is 0 Å². The Morgan fingerprint density at radius 1 is 1.20 bits per heavy atom. The molecule has 1 atom stereocenters. The predicted octanol–water partition coefficient (Wildman–Crippen LogP) is 0.897. The summed E-state index contributed by atoms with van der Waals surface area (Å²) in [5, 5.41) is 11.3. The first-order valence-electron chi connectivity index (χ1n) is 8.54. The number of para-hydroxylation sites is 1. The van der Waals surface area contributed by atoms with Gasteiger partial charge in [-0.15, -0.1) is 5.10 Å². The van der Waals surface area contributed by atoms with E-state index >= 15 is 0 Å². The van der Waals surface area contributed by atoms with Gasteiger partial charge in [-0.25, -0.2) is 4.79 Å². The van der Waals surface area contributed by atoms with E-state index in [0.29, 0.717) is 31.9 Å². The number of hydrogen-bond donors (Lipinski definition) is 1. The minimum atomic E-state index is -0.133. The van der Waals surface area contributed by atoms with Crippen LogP contribution in [0, 0.1) is 0 Å². The molecule has 0 spiro atoms. The minimum Gasteiger partial charge on any atom is -0.336 e. The summed E-state index contributed by atoms with van der Waals surface area (Å²) in [4.78, 5) is 29.7. The molecule has 0 radical (unpaired) electrons. The van der Waals surface area contributed by atoms with Crippen molar-refractivity contribution in [1.82, 2.24) is 30.1 Å². The van der Waals surface area contributed by atoms with Crippen molar-refractivity contribution in [1.29, 1.82) is 0 Å². The summed E-state index contributed by atoms with van der Waals surface area (Å²) in [7, 11) is 0. The van der Waals surface area contributed by atoms with Crippen molar-refractivity contribution in [3.05, 3.63) is 42.2 Å². The molecular formula is C17H20N6O2. The Morgan fingerprint density at radius 2 is 2.04 bits per heavy atom. The fraction of sp³-hybridized carbons (Fsp3) is 0.412. The third-order valence-electron chi connectivity index (χ3n) is 4.71. The molecule has 2 saturated heterocycles. The number of urea groups is 1. The zero-order chi connectivity index (χ0) is 17.2. The molecule has 3 heterocycles. The zero-order valence-electron chi connectivity index (χ0n) is 13.8. The summed E-state index contributed by atoms with van der Waals surface area (Å²) >= 11 is 0. The van der Waals surface area contributed by atoms with E-state index in [1.54, 1.807) is 4.90 Å². The zero-order valence-corrected chi connectivity index (χ0v) is 13.8. The van der Waals surface area contributed by atoms with Gasteiger partial charge in [-0.3, -0.25) is 4.79 Å². The van der Waals surface area contributed by atoms with E-state index in [1.807, 2.05) is 35.2 Å². The van der Waals surface area contributed by atoms with Crippen LogP contribution in [0.1, 0.15) is 23.3 Å². The van der Waals surface area contributed by atoms with Crippen LogP contribution in [0.4, 0.5) is 4.79 Å². The van der Waals surface area contributed by atoms with Crippen molar-refractivity contribution < 1.29 is 9.59 Å². The van der Waals surface area contributed by atoms with Crippen molar-refractivity contribution in [2.75, 3.05) is 26.2 Å². The number of carbonyl (C=O) groups excluding carboxylic acids is 2. The van der Waals surface area contributed by atoms with Crippen molar-refractivity contribution in [3.8, 4) is 5.69 Å². The standard InChI is InChI=1S/C17H20N6O2/c24-16(15-11-19-23(20-15)13-5-2-1-3-6-13)21-9-4-7-14(12-21)22-10-8-18-17(22)25/h1-3,5-6,11,14H,4,7-10,12H2,(H,18,25)/t14-/m1/s1. The lowest BCUT2D eigenvalue weighted by atomic mass is 10.0. The second kappa shape index (κ2) is 6.54. The van der Waals surface area contributed by atoms with Crippen LogP contribution in [0.2, 0.25) is 0 Å². The molecule has 1 aromatic carbocycles. The molecule has 2 aromatic rings. The van der Waals surface area contributed by atoms with Gasteiger partial charge in [0.05, 0.1) is 17.9 Å². The van der Waals surface area contributed by atoms with E-state index in [1.165, 1.54) is 11.0 Å². The lowest BCUT2D eigenvalue weighted by molar-refractivity contribution is 0.0628. The molecule has 4 rings (SSSR count). The number of rotatable bonds is 3. The molecule has 8 nitrogen and oxygen atoms in total. The highest BCUT2D eigenvalue weighted by Gasteiger charge is 2.33. The van der Waals surface area contributed by atoms with Gasteiger partial charge in [0, 0.05) is 26.2 Å². The second-order valence-corrected chi connectivity index (χ2v) is 6.33. The maximum atomic E-state index is 12.8. The first-order chi connectivity index (χ1) is 12.2. The van der Waals surface area contributed by atoms with Crippen LogP contribution in [0.25, 0.3) is 5.69 Å². The Bertz CT molecular complexity index is 774. The number of hydrogen-bond acceptors (Lipinski definition) is 4. The maximum absolute atomic E-state index is 12.8. The number of piperidine rings is 1. The Balaban J connectivity index is 1.47. The van der Waals surface area contributed by atoms with Gasteiger partial charge in [0.1, 0.15) is 0 Å². The van der Waals surface area contributed by atoms with Crippen LogP contribution >= 0.6 is 0 Å². The lowest BCUT2D eigenvalue weighted by Gasteiger charge is -2.36. The fourth-order valence-corrected chi connectivity index (χ4v) is 3.44. The number of nitrogens with one attached hydrogen (secondary N) is 1. The summed E-state index contributed by atoms with van der Waals surface area (Å²) in [6, 6.07) is 9.53. The van der Waals surface area contributed by atoms with Gasteiger partial charge in [0.25, 0.3) is 5.91 Å². The van der Waals surface area contributed by atoms with Crippen LogP contribution in [-0.4, -0.2) is 69.0 Å². The summed E-state index contributed by atoms with van der Waals surface area (Å²) in [5.74, 6) is -0.133. The summed E-state index contributed by atoms with van der Waals surface area (Å²) < 4.78 is 0. The molecule has 0 bridgehead atoms. The number of aromatic nitrogens is 3. The summed E-state index contributed by atoms with van der Waals surface area (Å²) in [6.45, 7) is 2.61. The van der Waals surface area contributed by atoms with E-state index in [4.69, 9.17) is 0 Å². The number of likely N-dealkylation sites (tertiary alicyclic amines) is 1. The molecule has 8 heteroatoms. The van der Waals surface area contributed by atoms with Crippen molar-refractivity contribution in [2.24, 2.45) is 0 Å². The fourth-order valence-electron chi connectivity index (χ4n) is 3.44. The average molecular weight is 340 g/mol. The van der Waals surface area contributed by atoms with Gasteiger partial charge in [-0.1, -0.05) is 18.2 Å². The van der Waals surface area contributed by atoms with Crippen molar-refractivity contribution >= 4 is 11.9 Å². The number of amides is 3. The van der Waals surface area contributed by atoms with E-state index in [0.717, 1.165) is 18.5 Å². The topological polar surface area (TPSA) is 83.4 Å². The third-order valence-corrected chi connectivity index (χ3v) is 4.71. The average Bonchev–Trinajstić information content (AvgIpc) is 3.31. The minimum absolute atomic E-state index is 0.0330. The molecule has 0 unspecified atom stereocenters. The maximum Gasteiger partial charge on any atom is 0.317 e. The van der Waals surface area contributed by atoms with Crippen molar-refractivity contribution in [3.63, 3.8) is 0 Å². The van der Waals surface area contributed by atoms with E-state index in [9.17, 15) is 9.59 Å². The Morgan fingerprint density at radius 3 is 2.80 bits per heavy atom. The number of carbonyl (C=O) groups is 2. The highest BCUT2D eigenvalue weighted by atomic mass is 16.2. The lowest BCUT2D eigenvalue weighted by Crippen LogP contribution is -2.50. The summed E-state index contributed by atoms with van der Waals surface area (Å²) in [5.41, 5.74) is 1.14. The van der Waals surface area contributed by atoms with Gasteiger partial charge >= 0.3 is 6.03 Å². The van der Waals surface area contributed by atoms with Gasteiger partial charge < -0.3 is 15.1 Å². The normalized spacial score (nSPS) is 20.6. The van der Waals surface area contributed by atoms with Crippen LogP contribution in [0.5, 0.6) is 0 Å². The Hall–Kier alpha value is -2.90. The molecule has 2 aliphatic rings. The monoisotopic (exact) mass is 340 g/mol. The molecule has 2 fully saturated rings. The van der Waals surface area contributed by atoms with Gasteiger partial charge in [-0.2, -0.15) is 9.90 Å². The van der Waals surface area contributed by atoms with Gasteiger partial charge in [-0.05, 0) is 25.0 Å². The van der Waals surface area contributed by atoms with Crippen LogP contribution in [0.3, 0.4) is 0 Å². The van der Waals surface area contributed by atoms with E-state index in [-0.39, 0.29) is 18.0 Å². The van der Waals surface area contributed by atoms with Crippen LogP contribution in [-0.2, 0) is 0 Å². The molecule has 1 N–H and O–H groups in total. The molecule has 25 heavy (non-hydrogen) atoms. The first-order valence-corrected chi connectivity index (χ1v) is 8.54. The number of benzene rings is 1. The molecule has 2 aliphatic heterocycles. The number of nitrogens with zero attached hydrogens (tertiary/aromatic N) is 5. The molecule has 130 valence electrons.